The van der Waals surface area contributed by atoms with Crippen molar-refractivity contribution in [3.8, 4) is 0 Å². The Balaban J connectivity index is 1.70. The first kappa shape index (κ1) is 21.0. The van der Waals surface area contributed by atoms with Crippen molar-refractivity contribution in [1.82, 2.24) is 14.5 Å². The van der Waals surface area contributed by atoms with E-state index in [1.165, 1.54) is 16.9 Å². The molecule has 0 aliphatic carbocycles. The number of thiazole rings is 1. The highest BCUT2D eigenvalue weighted by Gasteiger charge is 2.24. The normalized spacial score (nSPS) is 11.2. The highest BCUT2D eigenvalue weighted by Crippen LogP contribution is 2.33. The molecule has 4 aromatic rings. The smallest absolute Gasteiger partial charge is 0.261 e. The molecular formula is C22H20BrClN4OS. The number of aryl methyl sites for hydroxylation is 3. The molecule has 0 bridgehead atoms. The van der Waals surface area contributed by atoms with E-state index < -0.39 is 0 Å². The minimum atomic E-state index is -0.152. The molecule has 0 saturated carbocycles. The van der Waals surface area contributed by atoms with Crippen molar-refractivity contribution >= 4 is 60.1 Å². The summed E-state index contributed by atoms with van der Waals surface area (Å²) < 4.78 is 3.88. The van der Waals surface area contributed by atoms with Crippen molar-refractivity contribution in [3.05, 3.63) is 75.2 Å². The largest absolute Gasteiger partial charge is 0.337 e. The number of hydrogen-bond acceptors (Lipinski definition) is 4. The van der Waals surface area contributed by atoms with Crippen LogP contribution in [0.4, 0.5) is 5.13 Å². The number of anilines is 1. The molecule has 0 aliphatic heterocycles. The van der Waals surface area contributed by atoms with E-state index in [0.717, 1.165) is 33.2 Å². The monoisotopic (exact) mass is 502 g/mol. The highest BCUT2D eigenvalue weighted by molar-refractivity contribution is 9.10. The van der Waals surface area contributed by atoms with Crippen molar-refractivity contribution in [2.24, 2.45) is 0 Å². The molecule has 4 rings (SSSR count). The van der Waals surface area contributed by atoms with Gasteiger partial charge < -0.3 is 4.57 Å². The summed E-state index contributed by atoms with van der Waals surface area (Å²) in [4.78, 5) is 24.2. The highest BCUT2D eigenvalue weighted by atomic mass is 79.9. The first-order chi connectivity index (χ1) is 14.4. The third kappa shape index (κ3) is 4.29. The van der Waals surface area contributed by atoms with Crippen LogP contribution in [0.2, 0.25) is 5.02 Å². The molecule has 5 nitrogen and oxygen atoms in total. The molecule has 30 heavy (non-hydrogen) atoms. The maximum absolute atomic E-state index is 13.5. The fraction of sp³-hybridized carbons (Fsp3) is 0.227. The van der Waals surface area contributed by atoms with Gasteiger partial charge in [-0.05, 0) is 55.7 Å². The van der Waals surface area contributed by atoms with Gasteiger partial charge in [0, 0.05) is 30.0 Å². The van der Waals surface area contributed by atoms with Crippen LogP contribution in [-0.2, 0) is 6.54 Å². The Kier molecular flexibility index (Phi) is 6.22. The van der Waals surface area contributed by atoms with E-state index >= 15 is 0 Å². The Morgan fingerprint density at radius 2 is 2.10 bits per heavy atom. The molecule has 0 aliphatic rings. The van der Waals surface area contributed by atoms with Gasteiger partial charge in [-0.15, -0.1) is 0 Å². The van der Waals surface area contributed by atoms with Crippen LogP contribution in [0.25, 0.3) is 10.2 Å². The van der Waals surface area contributed by atoms with Crippen molar-refractivity contribution in [2.45, 2.75) is 26.8 Å². The van der Waals surface area contributed by atoms with Gasteiger partial charge in [-0.1, -0.05) is 44.9 Å². The van der Waals surface area contributed by atoms with E-state index in [0.29, 0.717) is 22.3 Å². The topological polar surface area (TPSA) is 51.0 Å². The van der Waals surface area contributed by atoms with Crippen LogP contribution in [0.1, 0.15) is 27.9 Å². The molecule has 0 radical (unpaired) electrons. The number of benzene rings is 2. The summed E-state index contributed by atoms with van der Waals surface area (Å²) >= 11 is 11.3. The molecule has 2 heterocycles. The number of rotatable bonds is 6. The second-order valence-electron chi connectivity index (χ2n) is 7.09. The van der Waals surface area contributed by atoms with Crippen molar-refractivity contribution in [3.63, 3.8) is 0 Å². The molecule has 0 N–H and O–H groups in total. The predicted octanol–water partition coefficient (Wildman–Crippen LogP) is 6.26. The average Bonchev–Trinajstić information content (AvgIpc) is 3.39. The van der Waals surface area contributed by atoms with Crippen molar-refractivity contribution in [2.75, 3.05) is 11.4 Å². The number of amides is 1. The Bertz CT molecular complexity index is 1210. The maximum Gasteiger partial charge on any atom is 0.261 e. The summed E-state index contributed by atoms with van der Waals surface area (Å²) in [7, 11) is 0. The van der Waals surface area contributed by atoms with Crippen LogP contribution in [0.15, 0.2) is 53.5 Å². The maximum atomic E-state index is 13.5. The van der Waals surface area contributed by atoms with Gasteiger partial charge >= 0.3 is 0 Å². The minimum Gasteiger partial charge on any atom is -0.337 e. The van der Waals surface area contributed by atoms with Gasteiger partial charge in [0.1, 0.15) is 0 Å². The molecule has 8 heteroatoms. The average molecular weight is 504 g/mol. The van der Waals surface area contributed by atoms with Gasteiger partial charge in [0.25, 0.3) is 5.91 Å². The number of nitrogens with zero attached hydrogens (tertiary/aromatic N) is 4. The van der Waals surface area contributed by atoms with E-state index in [1.807, 2.05) is 16.8 Å². The molecule has 0 spiro atoms. The zero-order valence-electron chi connectivity index (χ0n) is 16.6. The molecule has 154 valence electrons. The van der Waals surface area contributed by atoms with Crippen LogP contribution in [0.5, 0.6) is 0 Å². The number of fused-ring (bicyclic) bond motifs is 1. The van der Waals surface area contributed by atoms with Gasteiger partial charge in [0.2, 0.25) is 0 Å². The van der Waals surface area contributed by atoms with Gasteiger partial charge in [-0.25, -0.2) is 9.97 Å². The quantitative estimate of drug-likeness (QED) is 0.312. The number of carbonyl (C=O) groups is 1. The number of halogens is 2. The summed E-state index contributed by atoms with van der Waals surface area (Å²) in [5.74, 6) is -0.152. The lowest BCUT2D eigenvalue weighted by Crippen LogP contribution is -2.32. The van der Waals surface area contributed by atoms with Crippen molar-refractivity contribution in [1.29, 1.82) is 0 Å². The van der Waals surface area contributed by atoms with E-state index in [9.17, 15) is 4.79 Å². The Morgan fingerprint density at radius 1 is 1.27 bits per heavy atom. The van der Waals surface area contributed by atoms with Gasteiger partial charge in [-0.2, -0.15) is 0 Å². The molecular weight excluding hydrogens is 484 g/mol. The van der Waals surface area contributed by atoms with Crippen LogP contribution < -0.4 is 4.90 Å². The van der Waals surface area contributed by atoms with E-state index in [1.54, 1.807) is 29.6 Å². The lowest BCUT2D eigenvalue weighted by atomic mass is 10.1. The van der Waals surface area contributed by atoms with E-state index in [4.69, 9.17) is 16.6 Å². The first-order valence-corrected chi connectivity index (χ1v) is 11.5. The predicted molar refractivity (Wildman–Crippen MR) is 127 cm³/mol. The second kappa shape index (κ2) is 8.88. The SMILES string of the molecule is Cc1ccc2sc(N(CCCn3ccnc3)C(=O)c3cc(Br)ccc3Cl)nc2c1C. The Morgan fingerprint density at radius 3 is 2.87 bits per heavy atom. The number of hydrogen-bond donors (Lipinski definition) is 0. The standard InChI is InChI=1S/C22H20BrClN4OS/c1-14-4-7-19-20(15(14)2)26-22(30-19)28(10-3-9-27-11-8-25-13-27)21(29)17-12-16(23)5-6-18(17)24/h4-8,11-13H,3,9-10H2,1-2H3. The summed E-state index contributed by atoms with van der Waals surface area (Å²) in [6.45, 7) is 5.43. The fourth-order valence-electron chi connectivity index (χ4n) is 3.25. The lowest BCUT2D eigenvalue weighted by molar-refractivity contribution is 0.0986. The van der Waals surface area contributed by atoms with E-state index in [2.05, 4.69) is 46.9 Å². The van der Waals surface area contributed by atoms with Crippen LogP contribution >= 0.6 is 38.9 Å². The van der Waals surface area contributed by atoms with Crippen LogP contribution in [0.3, 0.4) is 0 Å². The van der Waals surface area contributed by atoms with Crippen LogP contribution in [-0.4, -0.2) is 27.0 Å². The summed E-state index contributed by atoms with van der Waals surface area (Å²) in [6, 6.07) is 9.48. The van der Waals surface area contributed by atoms with Gasteiger partial charge in [-0.3, -0.25) is 9.69 Å². The number of imidazole rings is 1. The molecule has 0 atom stereocenters. The summed E-state index contributed by atoms with van der Waals surface area (Å²) in [5, 5.41) is 1.11. The zero-order chi connectivity index (χ0) is 21.3. The molecule has 0 fully saturated rings. The number of carbonyl (C=O) groups excluding carboxylic acids is 1. The molecule has 2 aromatic heterocycles. The Labute approximate surface area is 192 Å². The lowest BCUT2D eigenvalue weighted by Gasteiger charge is -2.21. The summed E-state index contributed by atoms with van der Waals surface area (Å²) in [6.07, 6.45) is 6.22. The molecule has 0 unspecified atom stereocenters. The number of aromatic nitrogens is 3. The molecule has 0 saturated heterocycles. The molecule has 1 amide bonds. The third-order valence-corrected chi connectivity index (χ3v) is 6.93. The minimum absolute atomic E-state index is 0.152. The van der Waals surface area contributed by atoms with Gasteiger partial charge in [0.05, 0.1) is 27.1 Å². The second-order valence-corrected chi connectivity index (χ2v) is 9.42. The van der Waals surface area contributed by atoms with Crippen molar-refractivity contribution < 1.29 is 4.79 Å². The Hall–Kier alpha value is -2.22. The van der Waals surface area contributed by atoms with Crippen LogP contribution in [0, 0.1) is 13.8 Å². The zero-order valence-corrected chi connectivity index (χ0v) is 19.8. The summed E-state index contributed by atoms with van der Waals surface area (Å²) in [5.41, 5.74) is 3.73. The third-order valence-electron chi connectivity index (χ3n) is 5.07. The fourth-order valence-corrected chi connectivity index (χ4v) is 4.86. The van der Waals surface area contributed by atoms with E-state index in [-0.39, 0.29) is 5.91 Å². The molecule has 2 aromatic carbocycles. The van der Waals surface area contributed by atoms with Gasteiger partial charge in [0.15, 0.2) is 5.13 Å². The first-order valence-electron chi connectivity index (χ1n) is 9.53.